The number of fused-ring (bicyclic) bond motifs is 1. The maximum absolute atomic E-state index is 4.71. The highest BCUT2D eigenvalue weighted by atomic mass is 32.1. The lowest BCUT2D eigenvalue weighted by atomic mass is 10.0. The molecule has 1 aromatic carbocycles. The van der Waals surface area contributed by atoms with Crippen molar-refractivity contribution in [3.05, 3.63) is 64.3 Å². The van der Waals surface area contributed by atoms with Crippen LogP contribution in [0.5, 0.6) is 0 Å². The van der Waals surface area contributed by atoms with Crippen LogP contribution in [-0.4, -0.2) is 4.98 Å². The third-order valence-corrected chi connectivity index (χ3v) is 5.82. The van der Waals surface area contributed by atoms with Crippen LogP contribution in [0.1, 0.15) is 59.7 Å². The van der Waals surface area contributed by atoms with Crippen molar-refractivity contribution in [2.45, 2.75) is 51.9 Å². The van der Waals surface area contributed by atoms with Gasteiger partial charge in [-0.2, -0.15) is 0 Å². The molecule has 3 heteroatoms. The first-order valence-electron chi connectivity index (χ1n) is 8.70. The number of hydrogen-bond donors (Lipinski definition) is 1. The zero-order valence-electron chi connectivity index (χ0n) is 14.7. The maximum Gasteiger partial charge on any atom is 0.118 e. The van der Waals surface area contributed by atoms with Gasteiger partial charge >= 0.3 is 0 Å². The molecule has 2 aromatic rings. The maximum atomic E-state index is 4.71. The molecule has 0 atom stereocenters. The molecule has 24 heavy (non-hydrogen) atoms. The van der Waals surface area contributed by atoms with E-state index in [4.69, 9.17) is 4.98 Å². The summed E-state index contributed by atoms with van der Waals surface area (Å²) in [5, 5.41) is 4.33. The molecule has 0 bridgehead atoms. The largest absolute Gasteiger partial charge is 0.359 e. The number of aryl methyl sites for hydroxylation is 1. The average Bonchev–Trinajstić information content (AvgIpc) is 3.25. The van der Waals surface area contributed by atoms with E-state index in [1.165, 1.54) is 47.5 Å². The molecule has 2 aliphatic rings. The van der Waals surface area contributed by atoms with Gasteiger partial charge in [0, 0.05) is 28.6 Å². The molecule has 0 radical (unpaired) electrons. The molecule has 2 heterocycles. The van der Waals surface area contributed by atoms with Crippen LogP contribution in [0, 0.1) is 6.92 Å². The van der Waals surface area contributed by atoms with E-state index in [9.17, 15) is 0 Å². The molecule has 0 spiro atoms. The molecule has 1 aliphatic carbocycles. The summed E-state index contributed by atoms with van der Waals surface area (Å²) in [6.45, 7) is 12.0. The summed E-state index contributed by atoms with van der Waals surface area (Å²) in [4.78, 5) is 6.11. The van der Waals surface area contributed by atoms with Crippen molar-refractivity contribution in [2.75, 3.05) is 5.32 Å². The number of aromatic nitrogens is 1. The van der Waals surface area contributed by atoms with Crippen molar-refractivity contribution in [2.24, 2.45) is 0 Å². The van der Waals surface area contributed by atoms with Crippen LogP contribution in [0.2, 0.25) is 0 Å². The minimum absolute atomic E-state index is 0.736. The lowest BCUT2D eigenvalue weighted by Crippen LogP contribution is -1.94. The molecule has 0 unspecified atom stereocenters. The molecule has 1 saturated carbocycles. The molecular weight excluding hydrogens is 312 g/mol. The van der Waals surface area contributed by atoms with Gasteiger partial charge in [-0.15, -0.1) is 11.3 Å². The highest BCUT2D eigenvalue weighted by Gasteiger charge is 2.22. The van der Waals surface area contributed by atoms with Crippen molar-refractivity contribution in [1.82, 2.24) is 4.98 Å². The molecule has 0 amide bonds. The molecule has 1 fully saturated rings. The predicted octanol–water partition coefficient (Wildman–Crippen LogP) is 6.31. The highest BCUT2D eigenvalue weighted by molar-refractivity contribution is 7.12. The van der Waals surface area contributed by atoms with Gasteiger partial charge in [0.15, 0.2) is 0 Å². The Kier molecular flexibility index (Phi) is 5.20. The number of benzene rings is 1. The summed E-state index contributed by atoms with van der Waals surface area (Å²) in [6, 6.07) is 8.29. The highest BCUT2D eigenvalue weighted by Crippen LogP contribution is 2.37. The Morgan fingerprint density at radius 2 is 1.96 bits per heavy atom. The molecule has 1 aliphatic heterocycles. The molecule has 1 aromatic heterocycles. The number of para-hydroxylation sites is 1. The van der Waals surface area contributed by atoms with Crippen LogP contribution < -0.4 is 5.32 Å². The van der Waals surface area contributed by atoms with Gasteiger partial charge in [-0.05, 0) is 43.9 Å². The summed E-state index contributed by atoms with van der Waals surface area (Å²) >= 11 is 1.80. The number of thiazole rings is 1. The van der Waals surface area contributed by atoms with Crippen molar-refractivity contribution >= 4 is 22.6 Å². The second-order valence-corrected chi connectivity index (χ2v) is 7.99. The average molecular weight is 339 g/mol. The second-order valence-electron chi connectivity index (χ2n) is 6.78. The van der Waals surface area contributed by atoms with Gasteiger partial charge in [0.05, 0.1) is 5.69 Å². The first-order valence-corrected chi connectivity index (χ1v) is 9.52. The molecule has 126 valence electrons. The Morgan fingerprint density at radius 1 is 1.25 bits per heavy atom. The lowest BCUT2D eigenvalue weighted by Gasteiger charge is -2.05. The van der Waals surface area contributed by atoms with Gasteiger partial charge in [0.1, 0.15) is 5.01 Å². The van der Waals surface area contributed by atoms with E-state index >= 15 is 0 Å². The summed E-state index contributed by atoms with van der Waals surface area (Å²) < 4.78 is 0. The van der Waals surface area contributed by atoms with E-state index in [0.717, 1.165) is 28.6 Å². The summed E-state index contributed by atoms with van der Waals surface area (Å²) in [6.07, 6.45) is 6.41. The lowest BCUT2D eigenvalue weighted by molar-refractivity contribution is 0.697. The standard InChI is InChI=1S/C12H17NS.C9H9N/c1-8(2)12-13-11(9(3)14-12)10-6-4-5-7-10;1-7-6-8-4-2-3-5-9(8)10-7/h10H,1,4-7H2,2-3H3;2-5,10H,1,6H2. The van der Waals surface area contributed by atoms with Crippen molar-refractivity contribution in [3.63, 3.8) is 0 Å². The van der Waals surface area contributed by atoms with E-state index in [2.05, 4.69) is 43.6 Å². The van der Waals surface area contributed by atoms with E-state index in [-0.39, 0.29) is 0 Å². The van der Waals surface area contributed by atoms with Gasteiger partial charge in [-0.1, -0.05) is 44.2 Å². The number of rotatable bonds is 2. The fraction of sp³-hybridized carbons (Fsp3) is 0.381. The molecule has 2 nitrogen and oxygen atoms in total. The Labute approximate surface area is 149 Å². The van der Waals surface area contributed by atoms with Crippen molar-refractivity contribution in [1.29, 1.82) is 0 Å². The minimum atomic E-state index is 0.736. The monoisotopic (exact) mass is 338 g/mol. The smallest absolute Gasteiger partial charge is 0.118 e. The number of nitrogens with one attached hydrogen (secondary N) is 1. The Morgan fingerprint density at radius 3 is 2.58 bits per heavy atom. The van der Waals surface area contributed by atoms with Crippen molar-refractivity contribution < 1.29 is 0 Å². The first-order chi connectivity index (χ1) is 11.5. The summed E-state index contributed by atoms with van der Waals surface area (Å²) in [7, 11) is 0. The third-order valence-electron chi connectivity index (χ3n) is 4.67. The van der Waals surface area contributed by atoms with Gasteiger partial charge < -0.3 is 5.32 Å². The SMILES string of the molecule is C=C(C)c1nc(C2CCCC2)c(C)s1.C=C1Cc2ccccc2N1. The van der Waals surface area contributed by atoms with E-state index in [0.29, 0.717) is 0 Å². The third kappa shape index (κ3) is 3.78. The van der Waals surface area contributed by atoms with Crippen LogP contribution >= 0.6 is 11.3 Å². The summed E-state index contributed by atoms with van der Waals surface area (Å²) in [5.74, 6) is 0.736. The van der Waals surface area contributed by atoms with Crippen LogP contribution in [0.3, 0.4) is 0 Å². The second kappa shape index (κ2) is 7.35. The fourth-order valence-electron chi connectivity index (χ4n) is 3.43. The Bertz CT molecular complexity index is 724. The molecule has 0 saturated heterocycles. The normalized spacial score (nSPS) is 16.3. The van der Waals surface area contributed by atoms with Crippen LogP contribution in [0.15, 0.2) is 43.1 Å². The van der Waals surface area contributed by atoms with Crippen LogP contribution in [0.4, 0.5) is 5.69 Å². The number of allylic oxidation sites excluding steroid dienone is 2. The van der Waals surface area contributed by atoms with E-state index in [1.807, 2.05) is 13.0 Å². The topological polar surface area (TPSA) is 24.9 Å². The molecular formula is C21H26N2S. The minimum Gasteiger partial charge on any atom is -0.359 e. The fourth-order valence-corrected chi connectivity index (χ4v) is 4.35. The summed E-state index contributed by atoms with van der Waals surface area (Å²) in [5.41, 5.74) is 6.12. The van der Waals surface area contributed by atoms with E-state index < -0.39 is 0 Å². The van der Waals surface area contributed by atoms with Crippen LogP contribution in [0.25, 0.3) is 5.57 Å². The zero-order chi connectivity index (χ0) is 17.1. The van der Waals surface area contributed by atoms with Crippen molar-refractivity contribution in [3.8, 4) is 0 Å². The van der Waals surface area contributed by atoms with Crippen LogP contribution in [-0.2, 0) is 6.42 Å². The molecule has 4 rings (SSSR count). The van der Waals surface area contributed by atoms with E-state index in [1.54, 1.807) is 11.3 Å². The zero-order valence-corrected chi connectivity index (χ0v) is 15.5. The number of hydrogen-bond acceptors (Lipinski definition) is 3. The molecule has 1 N–H and O–H groups in total. The quantitative estimate of drug-likeness (QED) is 0.694. The number of anilines is 1. The van der Waals surface area contributed by atoms with Gasteiger partial charge in [0.25, 0.3) is 0 Å². The Hall–Kier alpha value is -1.87. The van der Waals surface area contributed by atoms with Gasteiger partial charge in [-0.3, -0.25) is 0 Å². The number of nitrogens with zero attached hydrogens (tertiary/aromatic N) is 1. The van der Waals surface area contributed by atoms with Gasteiger partial charge in [-0.25, -0.2) is 4.98 Å². The first kappa shape index (κ1) is 17.0. The van der Waals surface area contributed by atoms with Gasteiger partial charge in [0.2, 0.25) is 0 Å². The Balaban J connectivity index is 0.000000149. The predicted molar refractivity (Wildman–Crippen MR) is 106 cm³/mol.